The van der Waals surface area contributed by atoms with Gasteiger partial charge >= 0.3 is 37.1 Å². The summed E-state index contributed by atoms with van der Waals surface area (Å²) in [6.45, 7) is 7.26. The van der Waals surface area contributed by atoms with Crippen LogP contribution in [0.3, 0.4) is 0 Å². The largest absolute Gasteiger partial charge is 0.416 e. The average molecular weight is 1340 g/mol. The van der Waals surface area contributed by atoms with E-state index < -0.39 is 120 Å². The standard InChI is InChI=1S/2C21H16Cl2F6O2.C19H16F6O/c2*1-12(13-7-15(20(24,25)26)9-16(8-13)21(27,28)29)31-11-18(10-17(30)19(18,22)23)14-5-3-2-4-6-14;1-12(14-6-4-3-5-7-14)11-26-13(2)15-8-16(18(20,21)22)10-17(9-15)19(23,24)25/h2*2-9,12H,10-11H2,1H3;3-10,13H,1,11H2,2H3/t12-,18+;12-,18-;13-/m111/s1. The van der Waals surface area contributed by atoms with Crippen molar-refractivity contribution in [3.63, 3.8) is 0 Å². The Morgan fingerprint density at radius 3 is 0.875 bits per heavy atom. The summed E-state index contributed by atoms with van der Waals surface area (Å²) in [5, 5.41) is 0. The van der Waals surface area contributed by atoms with Crippen molar-refractivity contribution >= 4 is 63.5 Å². The number of carbonyl (C=O) groups is 2. The van der Waals surface area contributed by atoms with Gasteiger partial charge in [-0.2, -0.15) is 79.0 Å². The molecule has 0 radical (unpaired) electrons. The van der Waals surface area contributed by atoms with Crippen molar-refractivity contribution in [3.8, 4) is 0 Å². The molecular formula is C61H48Cl4F18O5. The summed E-state index contributed by atoms with van der Waals surface area (Å²) in [6.07, 6.45) is -33.1. The second kappa shape index (κ2) is 26.6. The zero-order chi connectivity index (χ0) is 66.0. The highest BCUT2D eigenvalue weighted by Gasteiger charge is 2.67. The van der Waals surface area contributed by atoms with Gasteiger partial charge in [-0.15, -0.1) is 0 Å². The molecule has 0 amide bonds. The lowest BCUT2D eigenvalue weighted by Gasteiger charge is -2.50. The lowest BCUT2D eigenvalue weighted by atomic mass is 9.63. The van der Waals surface area contributed by atoms with E-state index in [9.17, 15) is 88.6 Å². The molecule has 0 saturated heterocycles. The molecule has 0 spiro atoms. The van der Waals surface area contributed by atoms with Gasteiger partial charge in [-0.3, -0.25) is 9.59 Å². The molecule has 5 nitrogen and oxygen atoms in total. The fourth-order valence-electron chi connectivity index (χ4n) is 9.29. The van der Waals surface area contributed by atoms with Gasteiger partial charge in [-0.25, -0.2) is 0 Å². The van der Waals surface area contributed by atoms with Gasteiger partial charge in [0, 0.05) is 12.8 Å². The molecule has 0 bridgehead atoms. The molecule has 6 aromatic rings. The van der Waals surface area contributed by atoms with Crippen LogP contribution in [0.4, 0.5) is 79.0 Å². The van der Waals surface area contributed by atoms with Gasteiger partial charge in [0.1, 0.15) is 0 Å². The molecule has 27 heteroatoms. The Kier molecular flexibility index (Phi) is 21.5. The van der Waals surface area contributed by atoms with Crippen molar-refractivity contribution in [2.24, 2.45) is 0 Å². The second-order valence-corrected chi connectivity index (χ2v) is 23.2. The smallest absolute Gasteiger partial charge is 0.373 e. The second-order valence-electron chi connectivity index (χ2n) is 20.6. The Balaban J connectivity index is 0.000000212. The molecule has 2 aliphatic rings. The van der Waals surface area contributed by atoms with E-state index in [1.807, 2.05) is 6.07 Å². The maximum Gasteiger partial charge on any atom is 0.416 e. The number of halogens is 22. The van der Waals surface area contributed by atoms with Gasteiger partial charge in [0.05, 0.1) is 82.3 Å². The van der Waals surface area contributed by atoms with Crippen LogP contribution >= 0.6 is 46.4 Å². The van der Waals surface area contributed by atoms with Gasteiger partial charge in [0.25, 0.3) is 0 Å². The van der Waals surface area contributed by atoms with Crippen LogP contribution in [0.25, 0.3) is 5.57 Å². The fraction of sp³-hybridized carbons (Fsp3) is 0.344. The Morgan fingerprint density at radius 2 is 0.648 bits per heavy atom. The lowest BCUT2D eigenvalue weighted by Crippen LogP contribution is -2.63. The first-order valence-corrected chi connectivity index (χ1v) is 27.3. The van der Waals surface area contributed by atoms with Gasteiger partial charge in [0.2, 0.25) is 0 Å². The van der Waals surface area contributed by atoms with E-state index in [1.165, 1.54) is 20.8 Å². The Bertz CT molecular complexity index is 3170. The molecule has 2 saturated carbocycles. The fourth-order valence-corrected chi connectivity index (χ4v) is 10.5. The number of hydrogen-bond acceptors (Lipinski definition) is 5. The van der Waals surface area contributed by atoms with Crippen molar-refractivity contribution in [1.82, 2.24) is 0 Å². The number of hydrogen-bond donors (Lipinski definition) is 0. The van der Waals surface area contributed by atoms with Crippen molar-refractivity contribution in [3.05, 3.63) is 219 Å². The molecule has 2 aliphatic carbocycles. The first kappa shape index (κ1) is 71.3. The molecule has 0 aliphatic heterocycles. The lowest BCUT2D eigenvalue weighted by molar-refractivity contribution is -0.145. The van der Waals surface area contributed by atoms with Crippen molar-refractivity contribution in [2.75, 3.05) is 19.8 Å². The molecule has 5 atom stereocenters. The number of benzene rings is 6. The predicted molar refractivity (Wildman–Crippen MR) is 292 cm³/mol. The molecule has 88 heavy (non-hydrogen) atoms. The van der Waals surface area contributed by atoms with Gasteiger partial charge in [-0.05, 0) is 114 Å². The van der Waals surface area contributed by atoms with E-state index in [0.717, 1.165) is 5.56 Å². The molecule has 0 heterocycles. The van der Waals surface area contributed by atoms with E-state index in [2.05, 4.69) is 6.58 Å². The molecule has 8 rings (SSSR count). The van der Waals surface area contributed by atoms with E-state index in [-0.39, 0.29) is 67.6 Å². The zero-order valence-electron chi connectivity index (χ0n) is 45.7. The van der Waals surface area contributed by atoms with Crippen LogP contribution in [-0.4, -0.2) is 40.1 Å². The van der Waals surface area contributed by atoms with Gasteiger partial charge in [-0.1, -0.05) is 144 Å². The van der Waals surface area contributed by atoms with Gasteiger partial charge in [0.15, 0.2) is 20.2 Å². The minimum Gasteiger partial charge on any atom is -0.373 e. The summed E-state index contributed by atoms with van der Waals surface area (Å²) in [7, 11) is 0. The van der Waals surface area contributed by atoms with E-state index in [0.29, 0.717) is 53.1 Å². The summed E-state index contributed by atoms with van der Waals surface area (Å²) in [5.74, 6) is -0.899. The Hall–Kier alpha value is -5.82. The van der Waals surface area contributed by atoms with Crippen molar-refractivity contribution in [1.29, 1.82) is 0 Å². The first-order valence-electron chi connectivity index (χ1n) is 25.7. The molecule has 0 unspecified atom stereocenters. The number of ether oxygens (including phenoxy) is 3. The summed E-state index contributed by atoms with van der Waals surface area (Å²) >= 11 is 25.0. The van der Waals surface area contributed by atoms with Crippen LogP contribution in [0.5, 0.6) is 0 Å². The van der Waals surface area contributed by atoms with E-state index in [4.69, 9.17) is 60.6 Å². The predicted octanol–water partition coefficient (Wildman–Crippen LogP) is 20.3. The molecular weight excluding hydrogens is 1300 g/mol. The quantitative estimate of drug-likeness (QED) is 0.0757. The van der Waals surface area contributed by atoms with Crippen LogP contribution in [0.1, 0.15) is 119 Å². The normalized spacial score (nSPS) is 19.6. The monoisotopic (exact) mass is 1340 g/mol. The first-order chi connectivity index (χ1) is 40.3. The summed E-state index contributed by atoms with van der Waals surface area (Å²) in [5.41, 5.74) is -9.17. The third-order valence-electron chi connectivity index (χ3n) is 14.6. The molecule has 6 aromatic carbocycles. The molecule has 0 N–H and O–H groups in total. The number of Topliss-reactive ketones (excluding diaryl/α,β-unsaturated/α-hetero) is 2. The number of rotatable bonds is 15. The third-order valence-corrected chi connectivity index (χ3v) is 16.9. The van der Waals surface area contributed by atoms with Gasteiger partial charge < -0.3 is 14.2 Å². The van der Waals surface area contributed by atoms with Crippen LogP contribution in [0.15, 0.2) is 152 Å². The summed E-state index contributed by atoms with van der Waals surface area (Å²) < 4.78 is 248. The number of alkyl halides is 22. The van der Waals surface area contributed by atoms with Crippen molar-refractivity contribution < 1.29 is 103 Å². The van der Waals surface area contributed by atoms with Crippen LogP contribution in [-0.2, 0) is 71.7 Å². The highest BCUT2D eigenvalue weighted by atomic mass is 35.5. The van der Waals surface area contributed by atoms with E-state index in [1.54, 1.807) is 84.9 Å². The van der Waals surface area contributed by atoms with Crippen molar-refractivity contribution in [2.45, 2.75) is 108 Å². The Morgan fingerprint density at radius 1 is 0.409 bits per heavy atom. The highest BCUT2D eigenvalue weighted by Crippen LogP contribution is 2.58. The Labute approximate surface area is 511 Å². The maximum atomic E-state index is 13.1. The molecule has 2 fully saturated rings. The summed E-state index contributed by atoms with van der Waals surface area (Å²) in [4.78, 5) is 24.0. The minimum atomic E-state index is -4.97. The van der Waals surface area contributed by atoms with Crippen LogP contribution in [0.2, 0.25) is 0 Å². The SMILES string of the molecule is C=C(CO[C@H](C)c1cc(C(F)(F)F)cc(C(F)(F)F)c1)c1ccccc1.C[C@@H](OC[C@@]1(c2ccccc2)CC(=O)C1(Cl)Cl)c1cc(C(F)(F)F)cc(C(F)(F)F)c1.C[C@@H](OC[C@]1(c2ccccc2)CC(=O)C1(Cl)Cl)c1cc(C(F)(F)F)cc(C(F)(F)F)c1. The van der Waals surface area contributed by atoms with E-state index >= 15 is 0 Å². The highest BCUT2D eigenvalue weighted by molar-refractivity contribution is 6.62. The van der Waals surface area contributed by atoms with Crippen LogP contribution in [0, 0.1) is 0 Å². The number of ketones is 2. The minimum absolute atomic E-state index is 0.0250. The summed E-state index contributed by atoms with van der Waals surface area (Å²) in [6, 6.07) is 29.8. The molecule has 476 valence electrons. The average Bonchev–Trinajstić information content (AvgIpc) is 0.744. The maximum absolute atomic E-state index is 13.1. The third kappa shape index (κ3) is 16.4. The molecule has 0 aromatic heterocycles. The zero-order valence-corrected chi connectivity index (χ0v) is 48.7. The topological polar surface area (TPSA) is 61.8 Å². The number of carbonyl (C=O) groups excluding carboxylic acids is 2. The van der Waals surface area contributed by atoms with Crippen LogP contribution < -0.4 is 0 Å².